The van der Waals surface area contributed by atoms with Gasteiger partial charge in [-0.3, -0.25) is 4.79 Å². The van der Waals surface area contributed by atoms with E-state index in [0.29, 0.717) is 23.3 Å². The van der Waals surface area contributed by atoms with Gasteiger partial charge in [-0.2, -0.15) is 0 Å². The molecule has 0 aromatic heterocycles. The number of benzene rings is 1. The number of methoxy groups -OCH3 is 2. The molecule has 0 spiro atoms. The molecule has 4 nitrogen and oxygen atoms in total. The van der Waals surface area contributed by atoms with Crippen LogP contribution in [-0.2, 0) is 11.2 Å². The van der Waals surface area contributed by atoms with Crippen LogP contribution < -0.4 is 4.74 Å². The molecule has 1 aliphatic rings. The Balaban J connectivity index is 2.72. The van der Waals surface area contributed by atoms with Crippen LogP contribution in [0.1, 0.15) is 44.7 Å². The van der Waals surface area contributed by atoms with Gasteiger partial charge in [-0.05, 0) is 30.9 Å². The van der Waals surface area contributed by atoms with E-state index in [4.69, 9.17) is 9.47 Å². The molecule has 0 saturated heterocycles. The van der Waals surface area contributed by atoms with Crippen LogP contribution in [0.2, 0.25) is 0 Å². The highest BCUT2D eigenvalue weighted by atomic mass is 16.5. The maximum Gasteiger partial charge on any atom is 0.341 e. The number of aryl methyl sites for hydroxylation is 2. The Morgan fingerprint density at radius 1 is 1.28 bits per heavy atom. The maximum atomic E-state index is 12.0. The molecule has 2 rings (SSSR count). The molecule has 1 aromatic rings. The molecule has 0 N–H and O–H groups in total. The molecule has 0 bridgehead atoms. The van der Waals surface area contributed by atoms with Crippen molar-refractivity contribution in [3.8, 4) is 5.75 Å². The summed E-state index contributed by atoms with van der Waals surface area (Å²) in [6.07, 6.45) is 2.21. The second kappa shape index (κ2) is 4.80. The lowest BCUT2D eigenvalue weighted by atomic mass is 9.86. The Kier molecular flexibility index (Phi) is 3.36. The van der Waals surface area contributed by atoms with E-state index in [1.165, 1.54) is 14.2 Å². The molecule has 0 saturated carbocycles. The molecule has 0 unspecified atom stereocenters. The van der Waals surface area contributed by atoms with Crippen molar-refractivity contribution in [2.75, 3.05) is 14.2 Å². The van der Waals surface area contributed by atoms with Crippen molar-refractivity contribution in [1.29, 1.82) is 0 Å². The third-order valence-corrected chi connectivity index (χ3v) is 3.28. The Hall–Kier alpha value is -1.84. The van der Waals surface area contributed by atoms with Crippen LogP contribution in [0.4, 0.5) is 0 Å². The molecule has 4 heteroatoms. The van der Waals surface area contributed by atoms with Crippen LogP contribution in [-0.4, -0.2) is 26.0 Å². The van der Waals surface area contributed by atoms with Gasteiger partial charge >= 0.3 is 5.97 Å². The second-order valence-corrected chi connectivity index (χ2v) is 4.40. The number of ketones is 1. The number of ether oxygens (including phenoxy) is 2. The molecular formula is C14H16O4. The van der Waals surface area contributed by atoms with Gasteiger partial charge in [-0.25, -0.2) is 4.79 Å². The lowest BCUT2D eigenvalue weighted by Gasteiger charge is -2.21. The van der Waals surface area contributed by atoms with E-state index in [-0.39, 0.29) is 5.78 Å². The monoisotopic (exact) mass is 248 g/mol. The number of rotatable bonds is 2. The third-order valence-electron chi connectivity index (χ3n) is 3.28. The summed E-state index contributed by atoms with van der Waals surface area (Å²) in [6.45, 7) is 1.83. The van der Waals surface area contributed by atoms with Crippen molar-refractivity contribution < 1.29 is 19.1 Å². The second-order valence-electron chi connectivity index (χ2n) is 4.40. The average Bonchev–Trinajstić information content (AvgIpc) is 2.36. The minimum absolute atomic E-state index is 0.0400. The first-order chi connectivity index (χ1) is 8.60. The molecule has 0 heterocycles. The van der Waals surface area contributed by atoms with Crippen molar-refractivity contribution in [2.24, 2.45) is 0 Å². The Bertz CT molecular complexity index is 517. The number of Topliss-reactive ketones (excluding diaryl/α,β-unsaturated/α-hetero) is 1. The predicted octanol–water partition coefficient (Wildman–Crippen LogP) is 2.31. The first-order valence-electron chi connectivity index (χ1n) is 5.92. The van der Waals surface area contributed by atoms with Crippen molar-refractivity contribution in [2.45, 2.75) is 26.2 Å². The molecule has 0 amide bonds. The van der Waals surface area contributed by atoms with Gasteiger partial charge in [-0.1, -0.05) is 6.07 Å². The van der Waals surface area contributed by atoms with Crippen LogP contribution in [0.3, 0.4) is 0 Å². The predicted molar refractivity (Wildman–Crippen MR) is 66.3 cm³/mol. The van der Waals surface area contributed by atoms with Crippen LogP contribution in [0.25, 0.3) is 0 Å². The molecular weight excluding hydrogens is 232 g/mol. The summed E-state index contributed by atoms with van der Waals surface area (Å²) in [4.78, 5) is 23.8. The smallest absolute Gasteiger partial charge is 0.341 e. The van der Waals surface area contributed by atoms with Crippen LogP contribution in [0, 0.1) is 6.92 Å². The van der Waals surface area contributed by atoms with Gasteiger partial charge in [0, 0.05) is 6.42 Å². The molecule has 0 radical (unpaired) electrons. The number of fused-ring (bicyclic) bond motifs is 1. The van der Waals surface area contributed by atoms with E-state index < -0.39 is 5.97 Å². The van der Waals surface area contributed by atoms with Gasteiger partial charge in [-0.15, -0.1) is 0 Å². The summed E-state index contributed by atoms with van der Waals surface area (Å²) < 4.78 is 10.1. The Labute approximate surface area is 106 Å². The van der Waals surface area contributed by atoms with Gasteiger partial charge in [0.1, 0.15) is 11.3 Å². The normalized spacial score (nSPS) is 14.1. The minimum Gasteiger partial charge on any atom is -0.495 e. The molecule has 96 valence electrons. The average molecular weight is 248 g/mol. The number of carbonyl (C=O) groups is 2. The maximum absolute atomic E-state index is 12.0. The molecule has 0 atom stereocenters. The third kappa shape index (κ3) is 1.88. The number of esters is 1. The van der Waals surface area contributed by atoms with Crippen molar-refractivity contribution in [3.63, 3.8) is 0 Å². The van der Waals surface area contributed by atoms with Crippen molar-refractivity contribution in [1.82, 2.24) is 0 Å². The van der Waals surface area contributed by atoms with E-state index in [0.717, 1.165) is 24.0 Å². The minimum atomic E-state index is -0.467. The largest absolute Gasteiger partial charge is 0.495 e. The fourth-order valence-electron chi connectivity index (χ4n) is 2.48. The summed E-state index contributed by atoms with van der Waals surface area (Å²) in [5, 5.41) is 0. The van der Waals surface area contributed by atoms with Crippen molar-refractivity contribution in [3.05, 3.63) is 28.3 Å². The zero-order valence-electron chi connectivity index (χ0n) is 10.8. The van der Waals surface area contributed by atoms with Gasteiger partial charge in [0.05, 0.1) is 19.8 Å². The highest BCUT2D eigenvalue weighted by Crippen LogP contribution is 2.35. The van der Waals surface area contributed by atoms with Gasteiger partial charge in [0.25, 0.3) is 0 Å². The van der Waals surface area contributed by atoms with E-state index in [9.17, 15) is 9.59 Å². The van der Waals surface area contributed by atoms with E-state index >= 15 is 0 Å². The summed E-state index contributed by atoms with van der Waals surface area (Å²) in [6, 6.07) is 1.89. The zero-order valence-corrected chi connectivity index (χ0v) is 10.8. The van der Waals surface area contributed by atoms with Crippen LogP contribution >= 0.6 is 0 Å². The lowest BCUT2D eigenvalue weighted by molar-refractivity contribution is 0.0596. The van der Waals surface area contributed by atoms with Gasteiger partial charge < -0.3 is 9.47 Å². The summed E-state index contributed by atoms with van der Waals surface area (Å²) in [5.74, 6) is -0.0645. The van der Waals surface area contributed by atoms with Gasteiger partial charge in [0.2, 0.25) is 0 Å². The highest BCUT2D eigenvalue weighted by molar-refractivity contribution is 6.06. The quantitative estimate of drug-likeness (QED) is 0.754. The SMILES string of the molecule is COC(=O)c1c(C)cc2c(c1OC)C(=O)CCC2. The van der Waals surface area contributed by atoms with E-state index in [2.05, 4.69) is 0 Å². The zero-order chi connectivity index (χ0) is 13.3. The molecule has 18 heavy (non-hydrogen) atoms. The fourth-order valence-corrected chi connectivity index (χ4v) is 2.48. The first kappa shape index (κ1) is 12.6. The number of hydrogen-bond acceptors (Lipinski definition) is 4. The number of carbonyl (C=O) groups excluding carboxylic acids is 2. The summed E-state index contributed by atoms with van der Waals surface area (Å²) in [5.41, 5.74) is 2.66. The van der Waals surface area contributed by atoms with Crippen LogP contribution in [0.5, 0.6) is 5.75 Å². The Morgan fingerprint density at radius 2 is 2.00 bits per heavy atom. The summed E-state index contributed by atoms with van der Waals surface area (Å²) >= 11 is 0. The summed E-state index contributed by atoms with van der Waals surface area (Å²) in [7, 11) is 2.80. The van der Waals surface area contributed by atoms with E-state index in [1.807, 2.05) is 13.0 Å². The van der Waals surface area contributed by atoms with E-state index in [1.54, 1.807) is 0 Å². The van der Waals surface area contributed by atoms with Crippen LogP contribution in [0.15, 0.2) is 6.07 Å². The molecule has 0 aliphatic heterocycles. The number of hydrogen-bond donors (Lipinski definition) is 0. The topological polar surface area (TPSA) is 52.6 Å². The fraction of sp³-hybridized carbons (Fsp3) is 0.429. The molecule has 1 aliphatic carbocycles. The molecule has 0 fully saturated rings. The lowest BCUT2D eigenvalue weighted by Crippen LogP contribution is -2.17. The first-order valence-corrected chi connectivity index (χ1v) is 5.92. The highest BCUT2D eigenvalue weighted by Gasteiger charge is 2.28. The standard InChI is InChI=1S/C14H16O4/c1-8-7-9-5-4-6-10(15)12(9)13(17-2)11(8)14(16)18-3/h7H,4-6H2,1-3H3. The Morgan fingerprint density at radius 3 is 2.61 bits per heavy atom. The van der Waals surface area contributed by atoms with Crippen molar-refractivity contribution >= 4 is 11.8 Å². The molecule has 1 aromatic carbocycles. The van der Waals surface area contributed by atoms with Gasteiger partial charge in [0.15, 0.2) is 5.78 Å².